The number of nitrogens with one attached hydrogen (secondary N) is 1. The summed E-state index contributed by atoms with van der Waals surface area (Å²) in [7, 11) is 0. The lowest BCUT2D eigenvalue weighted by molar-refractivity contribution is -0.144. The first-order valence-corrected chi connectivity index (χ1v) is 4.49. The standard InChI is InChI=1S/C10H11NO5/c12-7-3-1-6(2-4-7)11-8(10(15)16)5-9(13)14/h1-4,8,11-12H,5H2,(H,13,14)(H,15,16). The number of phenolic OH excluding ortho intramolecular Hbond substituents is 1. The van der Waals surface area contributed by atoms with E-state index in [1.54, 1.807) is 0 Å². The first-order valence-electron chi connectivity index (χ1n) is 4.49. The van der Waals surface area contributed by atoms with Gasteiger partial charge in [0.2, 0.25) is 0 Å². The normalized spacial score (nSPS) is 11.8. The summed E-state index contributed by atoms with van der Waals surface area (Å²) in [5.74, 6) is -2.38. The molecule has 16 heavy (non-hydrogen) atoms. The number of carbonyl (C=O) groups is 2. The summed E-state index contributed by atoms with van der Waals surface area (Å²) in [4.78, 5) is 21.1. The molecule has 6 heteroatoms. The van der Waals surface area contributed by atoms with Gasteiger partial charge >= 0.3 is 11.9 Å². The van der Waals surface area contributed by atoms with E-state index in [4.69, 9.17) is 15.3 Å². The van der Waals surface area contributed by atoms with Crippen LogP contribution < -0.4 is 5.32 Å². The second-order valence-corrected chi connectivity index (χ2v) is 3.18. The number of carboxylic acid groups (broad SMARTS) is 2. The molecule has 0 amide bonds. The molecule has 0 aromatic heterocycles. The summed E-state index contributed by atoms with van der Waals surface area (Å²) >= 11 is 0. The fraction of sp³-hybridized carbons (Fsp3) is 0.200. The fourth-order valence-corrected chi connectivity index (χ4v) is 1.13. The first kappa shape index (κ1) is 11.8. The second-order valence-electron chi connectivity index (χ2n) is 3.18. The van der Waals surface area contributed by atoms with Crippen LogP contribution in [0.3, 0.4) is 0 Å². The Bertz CT molecular complexity index is 387. The van der Waals surface area contributed by atoms with Crippen LogP contribution in [0.2, 0.25) is 0 Å². The molecule has 1 aromatic carbocycles. The molecular weight excluding hydrogens is 214 g/mol. The average molecular weight is 225 g/mol. The van der Waals surface area contributed by atoms with Crippen molar-refractivity contribution in [1.82, 2.24) is 0 Å². The van der Waals surface area contributed by atoms with E-state index in [0.717, 1.165) is 0 Å². The number of anilines is 1. The SMILES string of the molecule is O=C(O)CC(Nc1ccc(O)cc1)C(=O)O. The number of aliphatic carboxylic acids is 2. The monoisotopic (exact) mass is 225 g/mol. The number of aromatic hydroxyl groups is 1. The van der Waals surface area contributed by atoms with Crippen molar-refractivity contribution in [3.8, 4) is 5.75 Å². The van der Waals surface area contributed by atoms with Crippen LogP contribution in [0.25, 0.3) is 0 Å². The van der Waals surface area contributed by atoms with Crippen LogP contribution in [-0.2, 0) is 9.59 Å². The Morgan fingerprint density at radius 2 is 1.75 bits per heavy atom. The van der Waals surface area contributed by atoms with Gasteiger partial charge in [0, 0.05) is 5.69 Å². The zero-order chi connectivity index (χ0) is 12.1. The summed E-state index contributed by atoms with van der Waals surface area (Å²) in [6.07, 6.45) is -0.518. The van der Waals surface area contributed by atoms with Crippen LogP contribution in [0, 0.1) is 0 Å². The highest BCUT2D eigenvalue weighted by molar-refractivity contribution is 5.83. The predicted octanol–water partition coefficient (Wildman–Crippen LogP) is 0.732. The van der Waals surface area contributed by atoms with Gasteiger partial charge in [-0.25, -0.2) is 4.79 Å². The van der Waals surface area contributed by atoms with Gasteiger partial charge in [-0.2, -0.15) is 0 Å². The van der Waals surface area contributed by atoms with E-state index in [-0.39, 0.29) is 5.75 Å². The zero-order valence-corrected chi connectivity index (χ0v) is 8.25. The van der Waals surface area contributed by atoms with Gasteiger partial charge in [-0.05, 0) is 24.3 Å². The third-order valence-corrected chi connectivity index (χ3v) is 1.89. The summed E-state index contributed by atoms with van der Waals surface area (Å²) in [5, 5.41) is 28.8. The molecular formula is C10H11NO5. The maximum Gasteiger partial charge on any atom is 0.326 e. The van der Waals surface area contributed by atoms with Gasteiger partial charge < -0.3 is 20.6 Å². The number of rotatable bonds is 5. The van der Waals surface area contributed by atoms with Gasteiger partial charge in [0.15, 0.2) is 0 Å². The highest BCUT2D eigenvalue weighted by atomic mass is 16.4. The molecule has 0 saturated carbocycles. The van der Waals surface area contributed by atoms with Crippen LogP contribution in [-0.4, -0.2) is 33.3 Å². The minimum absolute atomic E-state index is 0.0515. The number of carboxylic acids is 2. The topological polar surface area (TPSA) is 107 Å². The molecule has 0 aliphatic rings. The van der Waals surface area contributed by atoms with Gasteiger partial charge in [0.05, 0.1) is 6.42 Å². The Morgan fingerprint density at radius 3 is 2.19 bits per heavy atom. The van der Waals surface area contributed by atoms with Crippen LogP contribution in [0.1, 0.15) is 6.42 Å². The first-order chi connectivity index (χ1) is 7.49. The quantitative estimate of drug-likeness (QED) is 0.550. The molecule has 0 radical (unpaired) electrons. The highest BCUT2D eigenvalue weighted by Crippen LogP contribution is 2.15. The highest BCUT2D eigenvalue weighted by Gasteiger charge is 2.20. The maximum atomic E-state index is 10.7. The molecule has 0 aliphatic heterocycles. The molecule has 0 bridgehead atoms. The largest absolute Gasteiger partial charge is 0.508 e. The molecule has 0 spiro atoms. The molecule has 86 valence electrons. The Balaban J connectivity index is 2.71. The van der Waals surface area contributed by atoms with E-state index in [9.17, 15) is 9.59 Å². The smallest absolute Gasteiger partial charge is 0.326 e. The minimum atomic E-state index is -1.24. The summed E-state index contributed by atoms with van der Waals surface area (Å²) in [6, 6.07) is 4.49. The van der Waals surface area contributed by atoms with E-state index < -0.39 is 24.4 Å². The second kappa shape index (κ2) is 5.01. The molecule has 0 aliphatic carbocycles. The van der Waals surface area contributed by atoms with Gasteiger partial charge in [-0.1, -0.05) is 0 Å². The number of hydrogen-bond acceptors (Lipinski definition) is 4. The molecule has 1 atom stereocenters. The van der Waals surface area contributed by atoms with Crippen molar-refractivity contribution in [2.75, 3.05) is 5.32 Å². The molecule has 4 N–H and O–H groups in total. The fourth-order valence-electron chi connectivity index (χ4n) is 1.13. The third kappa shape index (κ3) is 3.49. The molecule has 0 fully saturated rings. The van der Waals surface area contributed by atoms with Crippen LogP contribution in [0.15, 0.2) is 24.3 Å². The van der Waals surface area contributed by atoms with E-state index in [0.29, 0.717) is 5.69 Å². The van der Waals surface area contributed by atoms with Crippen molar-refractivity contribution in [2.24, 2.45) is 0 Å². The number of phenols is 1. The predicted molar refractivity (Wildman–Crippen MR) is 55.4 cm³/mol. The maximum absolute atomic E-state index is 10.7. The van der Waals surface area contributed by atoms with E-state index in [2.05, 4.69) is 5.32 Å². The molecule has 1 unspecified atom stereocenters. The lowest BCUT2D eigenvalue weighted by Gasteiger charge is -2.13. The summed E-state index contributed by atoms with van der Waals surface area (Å²) in [6.45, 7) is 0. The number of hydrogen-bond donors (Lipinski definition) is 4. The van der Waals surface area contributed by atoms with E-state index in [1.807, 2.05) is 0 Å². The van der Waals surface area contributed by atoms with E-state index >= 15 is 0 Å². The van der Waals surface area contributed by atoms with Crippen molar-refractivity contribution in [1.29, 1.82) is 0 Å². The van der Waals surface area contributed by atoms with Crippen molar-refractivity contribution >= 4 is 17.6 Å². The van der Waals surface area contributed by atoms with Crippen LogP contribution in [0.4, 0.5) is 5.69 Å². The minimum Gasteiger partial charge on any atom is -0.508 e. The van der Waals surface area contributed by atoms with Gasteiger partial charge in [-0.3, -0.25) is 4.79 Å². The van der Waals surface area contributed by atoms with Gasteiger partial charge in [0.25, 0.3) is 0 Å². The van der Waals surface area contributed by atoms with Crippen molar-refractivity contribution in [3.05, 3.63) is 24.3 Å². The molecule has 0 saturated heterocycles. The van der Waals surface area contributed by atoms with Gasteiger partial charge in [0.1, 0.15) is 11.8 Å². The van der Waals surface area contributed by atoms with Crippen LogP contribution >= 0.6 is 0 Å². The number of benzene rings is 1. The lowest BCUT2D eigenvalue weighted by Crippen LogP contribution is -2.31. The molecule has 1 aromatic rings. The lowest BCUT2D eigenvalue weighted by atomic mass is 10.2. The molecule has 6 nitrogen and oxygen atoms in total. The Kier molecular flexibility index (Phi) is 3.71. The van der Waals surface area contributed by atoms with Crippen molar-refractivity contribution in [2.45, 2.75) is 12.5 Å². The summed E-state index contributed by atoms with van der Waals surface area (Å²) < 4.78 is 0. The van der Waals surface area contributed by atoms with Gasteiger partial charge in [-0.15, -0.1) is 0 Å². The average Bonchev–Trinajstić information content (AvgIpc) is 2.19. The molecule has 1 rings (SSSR count). The van der Waals surface area contributed by atoms with Crippen molar-refractivity contribution < 1.29 is 24.9 Å². The zero-order valence-electron chi connectivity index (χ0n) is 8.25. The van der Waals surface area contributed by atoms with Crippen molar-refractivity contribution in [3.63, 3.8) is 0 Å². The summed E-state index contributed by atoms with van der Waals surface area (Å²) in [5.41, 5.74) is 0.437. The van der Waals surface area contributed by atoms with Crippen LogP contribution in [0.5, 0.6) is 5.75 Å². The molecule has 0 heterocycles. The van der Waals surface area contributed by atoms with E-state index in [1.165, 1.54) is 24.3 Å². The third-order valence-electron chi connectivity index (χ3n) is 1.89. The Labute approximate surface area is 91.1 Å². The Hall–Kier alpha value is -2.24. The Morgan fingerprint density at radius 1 is 1.19 bits per heavy atom.